The molecule has 0 spiro atoms. The predicted octanol–water partition coefficient (Wildman–Crippen LogP) is 5.44. The summed E-state index contributed by atoms with van der Waals surface area (Å²) in [6.45, 7) is 4.64. The van der Waals surface area contributed by atoms with Crippen molar-refractivity contribution in [2.45, 2.75) is 57.2 Å². The highest BCUT2D eigenvalue weighted by Gasteiger charge is 2.20. The molecule has 2 unspecified atom stereocenters. The van der Waals surface area contributed by atoms with Gasteiger partial charge in [-0.15, -0.1) is 0 Å². The van der Waals surface area contributed by atoms with Crippen LogP contribution in [0.3, 0.4) is 0 Å². The van der Waals surface area contributed by atoms with Gasteiger partial charge in [-0.3, -0.25) is 0 Å². The fraction of sp³-hybridized carbons (Fsp3) is 0.625. The molecule has 0 bridgehead atoms. The molecule has 0 saturated heterocycles. The van der Waals surface area contributed by atoms with E-state index < -0.39 is 0 Å². The second-order valence-corrected chi connectivity index (χ2v) is 6.59. The Kier molecular flexibility index (Phi) is 4.67. The standard InChI is InChI=1S/C16H23Br/c1-3-4-5-13-7-9-14-8-6-12(2)10-16(17)15(14)11-13/h7,9,11-12,16H,3-6,8,10H2,1-2H3. The topological polar surface area (TPSA) is 0 Å². The summed E-state index contributed by atoms with van der Waals surface area (Å²) in [5, 5.41) is 0. The molecule has 1 aliphatic carbocycles. The molecule has 2 rings (SSSR count). The van der Waals surface area contributed by atoms with E-state index in [2.05, 4.69) is 48.0 Å². The molecule has 0 saturated carbocycles. The first kappa shape index (κ1) is 13.1. The maximum absolute atomic E-state index is 3.88. The molecule has 0 fully saturated rings. The zero-order valence-electron chi connectivity index (χ0n) is 11.0. The first-order chi connectivity index (χ1) is 8.20. The second kappa shape index (κ2) is 6.04. The smallest absolute Gasteiger partial charge is 0.0400 e. The summed E-state index contributed by atoms with van der Waals surface area (Å²) >= 11 is 3.88. The Balaban J connectivity index is 2.21. The maximum Gasteiger partial charge on any atom is 0.0400 e. The Morgan fingerprint density at radius 1 is 1.35 bits per heavy atom. The average Bonchev–Trinajstić information content (AvgIpc) is 2.46. The number of hydrogen-bond donors (Lipinski definition) is 0. The molecule has 0 aliphatic heterocycles. The molecular formula is C16H23Br. The van der Waals surface area contributed by atoms with Gasteiger partial charge >= 0.3 is 0 Å². The highest BCUT2D eigenvalue weighted by atomic mass is 79.9. The van der Waals surface area contributed by atoms with E-state index in [0.29, 0.717) is 4.83 Å². The average molecular weight is 295 g/mol. The Hall–Kier alpha value is -0.300. The fourth-order valence-corrected chi connectivity index (χ4v) is 3.76. The van der Waals surface area contributed by atoms with E-state index in [9.17, 15) is 0 Å². The van der Waals surface area contributed by atoms with E-state index in [0.717, 1.165) is 5.92 Å². The van der Waals surface area contributed by atoms with E-state index in [4.69, 9.17) is 0 Å². The largest absolute Gasteiger partial charge is 0.0839 e. The normalized spacial score (nSPS) is 24.2. The number of benzene rings is 1. The third-order valence-corrected chi connectivity index (χ3v) is 4.75. The molecule has 1 aromatic rings. The third kappa shape index (κ3) is 3.34. The molecule has 0 amide bonds. The van der Waals surface area contributed by atoms with Crippen molar-refractivity contribution in [3.63, 3.8) is 0 Å². The molecular weight excluding hydrogens is 272 g/mol. The van der Waals surface area contributed by atoms with E-state index in [1.165, 1.54) is 44.1 Å². The highest BCUT2D eigenvalue weighted by Crippen LogP contribution is 2.37. The number of fused-ring (bicyclic) bond motifs is 1. The van der Waals surface area contributed by atoms with Crippen LogP contribution in [0.25, 0.3) is 0 Å². The summed E-state index contributed by atoms with van der Waals surface area (Å²) in [5.74, 6) is 0.839. The van der Waals surface area contributed by atoms with Crippen LogP contribution in [-0.4, -0.2) is 0 Å². The third-order valence-electron chi connectivity index (χ3n) is 3.88. The molecule has 94 valence electrons. The van der Waals surface area contributed by atoms with E-state index >= 15 is 0 Å². The van der Waals surface area contributed by atoms with Crippen molar-refractivity contribution in [1.82, 2.24) is 0 Å². The van der Waals surface area contributed by atoms with Crippen LogP contribution in [0.4, 0.5) is 0 Å². The second-order valence-electron chi connectivity index (χ2n) is 5.48. The quantitative estimate of drug-likeness (QED) is 0.514. The zero-order valence-corrected chi connectivity index (χ0v) is 12.6. The predicted molar refractivity (Wildman–Crippen MR) is 78.8 cm³/mol. The number of halogens is 1. The summed E-state index contributed by atoms with van der Waals surface area (Å²) in [6.07, 6.45) is 7.70. The van der Waals surface area contributed by atoms with Crippen molar-refractivity contribution in [2.24, 2.45) is 5.92 Å². The van der Waals surface area contributed by atoms with Gasteiger partial charge in [0.25, 0.3) is 0 Å². The van der Waals surface area contributed by atoms with E-state index in [1.807, 2.05) is 0 Å². The maximum atomic E-state index is 3.88. The number of alkyl halides is 1. The lowest BCUT2D eigenvalue weighted by Crippen LogP contribution is -1.97. The van der Waals surface area contributed by atoms with Crippen molar-refractivity contribution in [3.8, 4) is 0 Å². The fourth-order valence-electron chi connectivity index (χ4n) is 2.70. The molecule has 2 atom stereocenters. The number of unbranched alkanes of at least 4 members (excludes halogenated alkanes) is 1. The van der Waals surface area contributed by atoms with Crippen LogP contribution >= 0.6 is 15.9 Å². The summed E-state index contributed by atoms with van der Waals surface area (Å²) in [4.78, 5) is 0.566. The summed E-state index contributed by atoms with van der Waals surface area (Å²) < 4.78 is 0. The molecule has 0 N–H and O–H groups in total. The lowest BCUT2D eigenvalue weighted by Gasteiger charge is -2.14. The van der Waals surface area contributed by atoms with Crippen molar-refractivity contribution < 1.29 is 0 Å². The minimum absolute atomic E-state index is 0.566. The van der Waals surface area contributed by atoms with Crippen LogP contribution < -0.4 is 0 Å². The minimum atomic E-state index is 0.566. The van der Waals surface area contributed by atoms with Gasteiger partial charge in [0.05, 0.1) is 0 Å². The van der Waals surface area contributed by atoms with Crippen LogP contribution in [0.5, 0.6) is 0 Å². The number of rotatable bonds is 3. The van der Waals surface area contributed by atoms with Crippen LogP contribution in [0.15, 0.2) is 18.2 Å². The van der Waals surface area contributed by atoms with E-state index in [1.54, 1.807) is 11.1 Å². The van der Waals surface area contributed by atoms with Gasteiger partial charge in [-0.05, 0) is 54.7 Å². The van der Waals surface area contributed by atoms with Gasteiger partial charge in [-0.1, -0.05) is 54.4 Å². The molecule has 0 heterocycles. The lowest BCUT2D eigenvalue weighted by molar-refractivity contribution is 0.508. The summed E-state index contributed by atoms with van der Waals surface area (Å²) in [7, 11) is 0. The first-order valence-corrected chi connectivity index (χ1v) is 7.88. The molecule has 17 heavy (non-hydrogen) atoms. The van der Waals surface area contributed by atoms with Gasteiger partial charge in [-0.25, -0.2) is 0 Å². The summed E-state index contributed by atoms with van der Waals surface area (Å²) in [6, 6.07) is 7.15. The molecule has 0 aromatic heterocycles. The Bertz CT molecular complexity index is 370. The monoisotopic (exact) mass is 294 g/mol. The lowest BCUT2D eigenvalue weighted by atomic mass is 9.98. The summed E-state index contributed by atoms with van der Waals surface area (Å²) in [5.41, 5.74) is 4.64. The van der Waals surface area contributed by atoms with Crippen molar-refractivity contribution in [2.75, 3.05) is 0 Å². The SMILES string of the molecule is CCCCc1ccc2c(c1)C(Br)CC(C)CC2. The van der Waals surface area contributed by atoms with Crippen LogP contribution in [0.1, 0.15) is 61.0 Å². The number of hydrogen-bond acceptors (Lipinski definition) is 0. The van der Waals surface area contributed by atoms with Gasteiger partial charge in [-0.2, -0.15) is 0 Å². The van der Waals surface area contributed by atoms with Crippen LogP contribution in [-0.2, 0) is 12.8 Å². The Labute approximate surface area is 114 Å². The minimum Gasteiger partial charge on any atom is -0.0839 e. The van der Waals surface area contributed by atoms with Crippen molar-refractivity contribution in [1.29, 1.82) is 0 Å². The van der Waals surface area contributed by atoms with Crippen molar-refractivity contribution >= 4 is 15.9 Å². The first-order valence-electron chi connectivity index (χ1n) is 6.96. The molecule has 0 nitrogen and oxygen atoms in total. The van der Waals surface area contributed by atoms with Gasteiger partial charge < -0.3 is 0 Å². The van der Waals surface area contributed by atoms with Crippen LogP contribution in [0, 0.1) is 5.92 Å². The molecule has 1 aliphatic rings. The van der Waals surface area contributed by atoms with Crippen molar-refractivity contribution in [3.05, 3.63) is 34.9 Å². The Morgan fingerprint density at radius 3 is 2.94 bits per heavy atom. The van der Waals surface area contributed by atoms with Gasteiger partial charge in [0.1, 0.15) is 0 Å². The zero-order chi connectivity index (χ0) is 12.3. The van der Waals surface area contributed by atoms with Gasteiger partial charge in [0.2, 0.25) is 0 Å². The molecule has 1 aromatic carbocycles. The Morgan fingerprint density at radius 2 is 2.18 bits per heavy atom. The van der Waals surface area contributed by atoms with E-state index in [-0.39, 0.29) is 0 Å². The van der Waals surface area contributed by atoms with Gasteiger partial charge in [0.15, 0.2) is 0 Å². The molecule has 0 radical (unpaired) electrons. The highest BCUT2D eigenvalue weighted by molar-refractivity contribution is 9.09. The van der Waals surface area contributed by atoms with Crippen LogP contribution in [0.2, 0.25) is 0 Å². The molecule has 1 heteroatoms. The number of aryl methyl sites for hydroxylation is 2. The van der Waals surface area contributed by atoms with Gasteiger partial charge in [0, 0.05) is 4.83 Å².